The summed E-state index contributed by atoms with van der Waals surface area (Å²) in [5.74, 6) is 1.66. The average molecular weight is 311 g/mol. The molecule has 0 saturated heterocycles. The molecule has 0 N–H and O–H groups in total. The van der Waals surface area contributed by atoms with Gasteiger partial charge >= 0.3 is 0 Å². The lowest BCUT2D eigenvalue weighted by Gasteiger charge is -2.10. The SMILES string of the molecule is COc1ccc(-c2nnc(SC)n2-c2ccc(C)cc2)cc1. The van der Waals surface area contributed by atoms with Crippen LogP contribution in [0.4, 0.5) is 0 Å². The maximum absolute atomic E-state index is 5.21. The van der Waals surface area contributed by atoms with Crippen LogP contribution < -0.4 is 4.74 Å². The number of nitrogens with zero attached hydrogens (tertiary/aromatic N) is 3. The zero-order valence-corrected chi connectivity index (χ0v) is 13.6. The zero-order valence-electron chi connectivity index (χ0n) is 12.8. The van der Waals surface area contributed by atoms with E-state index in [1.165, 1.54) is 5.56 Å². The van der Waals surface area contributed by atoms with Gasteiger partial charge in [0.15, 0.2) is 11.0 Å². The van der Waals surface area contributed by atoms with Crippen LogP contribution in [0.3, 0.4) is 0 Å². The first kappa shape index (κ1) is 14.7. The average Bonchev–Trinajstić information content (AvgIpc) is 2.99. The minimum atomic E-state index is 0.829. The Kier molecular flexibility index (Phi) is 4.15. The fourth-order valence-electron chi connectivity index (χ4n) is 2.26. The lowest BCUT2D eigenvalue weighted by atomic mass is 10.2. The van der Waals surface area contributed by atoms with Gasteiger partial charge in [0.25, 0.3) is 0 Å². The van der Waals surface area contributed by atoms with Crippen molar-refractivity contribution in [3.63, 3.8) is 0 Å². The van der Waals surface area contributed by atoms with Crippen molar-refractivity contribution in [2.75, 3.05) is 13.4 Å². The van der Waals surface area contributed by atoms with Crippen LogP contribution in [0.1, 0.15) is 5.56 Å². The standard InChI is InChI=1S/C17H17N3OS/c1-12-4-8-14(9-5-12)20-16(18-19-17(20)22-3)13-6-10-15(21-2)11-7-13/h4-11H,1-3H3. The highest BCUT2D eigenvalue weighted by atomic mass is 32.2. The Bertz CT molecular complexity index is 764. The summed E-state index contributed by atoms with van der Waals surface area (Å²) in [6.07, 6.45) is 2.01. The molecule has 0 aliphatic rings. The molecule has 3 rings (SSSR count). The summed E-state index contributed by atoms with van der Waals surface area (Å²) in [6.45, 7) is 2.08. The first-order chi connectivity index (χ1) is 10.7. The van der Waals surface area contributed by atoms with Gasteiger partial charge in [-0.2, -0.15) is 0 Å². The maximum atomic E-state index is 5.21. The van der Waals surface area contributed by atoms with E-state index < -0.39 is 0 Å². The second-order valence-electron chi connectivity index (χ2n) is 4.91. The fourth-order valence-corrected chi connectivity index (χ4v) is 2.75. The lowest BCUT2D eigenvalue weighted by molar-refractivity contribution is 0.415. The molecule has 1 heterocycles. The predicted molar refractivity (Wildman–Crippen MR) is 89.9 cm³/mol. The molecule has 0 atom stereocenters. The van der Waals surface area contributed by atoms with Gasteiger partial charge in [0.2, 0.25) is 0 Å². The molecule has 0 fully saturated rings. The molecule has 0 spiro atoms. The minimum absolute atomic E-state index is 0.829. The number of aromatic nitrogens is 3. The predicted octanol–water partition coefficient (Wildman–Crippen LogP) is 3.97. The Morgan fingerprint density at radius 3 is 2.23 bits per heavy atom. The van der Waals surface area contributed by atoms with Crippen LogP contribution in [-0.4, -0.2) is 28.1 Å². The molecule has 0 unspecified atom stereocenters. The number of hydrogen-bond acceptors (Lipinski definition) is 4. The monoisotopic (exact) mass is 311 g/mol. The second kappa shape index (κ2) is 6.23. The van der Waals surface area contributed by atoms with Crippen molar-refractivity contribution in [3.05, 3.63) is 54.1 Å². The minimum Gasteiger partial charge on any atom is -0.497 e. The fraction of sp³-hybridized carbons (Fsp3) is 0.176. The Labute approximate surface area is 134 Å². The Morgan fingerprint density at radius 2 is 1.64 bits per heavy atom. The molecular formula is C17H17N3OS. The topological polar surface area (TPSA) is 39.9 Å². The smallest absolute Gasteiger partial charge is 0.195 e. The first-order valence-electron chi connectivity index (χ1n) is 6.94. The van der Waals surface area contributed by atoms with E-state index in [0.29, 0.717) is 0 Å². The summed E-state index contributed by atoms with van der Waals surface area (Å²) in [7, 11) is 1.66. The third kappa shape index (κ3) is 2.72. The lowest BCUT2D eigenvalue weighted by Crippen LogP contribution is -1.99. The normalized spacial score (nSPS) is 10.7. The molecule has 0 bridgehead atoms. The summed E-state index contributed by atoms with van der Waals surface area (Å²) in [5.41, 5.74) is 3.30. The first-order valence-corrected chi connectivity index (χ1v) is 8.16. The van der Waals surface area contributed by atoms with Crippen molar-refractivity contribution < 1.29 is 4.74 Å². The second-order valence-corrected chi connectivity index (χ2v) is 5.68. The van der Waals surface area contributed by atoms with Gasteiger partial charge in [-0.3, -0.25) is 4.57 Å². The Morgan fingerprint density at radius 1 is 0.955 bits per heavy atom. The quantitative estimate of drug-likeness (QED) is 0.683. The molecule has 5 heteroatoms. The molecule has 0 saturated carbocycles. The molecule has 3 aromatic rings. The third-order valence-corrected chi connectivity index (χ3v) is 4.09. The highest BCUT2D eigenvalue weighted by Gasteiger charge is 2.14. The third-order valence-electron chi connectivity index (χ3n) is 3.46. The number of benzene rings is 2. The van der Waals surface area contributed by atoms with Gasteiger partial charge in [0.05, 0.1) is 7.11 Å². The van der Waals surface area contributed by atoms with Gasteiger partial charge in [-0.05, 0) is 49.6 Å². The van der Waals surface area contributed by atoms with Gasteiger partial charge in [0.1, 0.15) is 5.75 Å². The summed E-state index contributed by atoms with van der Waals surface area (Å²) in [6, 6.07) is 16.2. The highest BCUT2D eigenvalue weighted by Crippen LogP contribution is 2.28. The molecule has 0 aliphatic heterocycles. The number of methoxy groups -OCH3 is 1. The van der Waals surface area contributed by atoms with Crippen LogP contribution in [0.5, 0.6) is 5.75 Å². The van der Waals surface area contributed by atoms with Crippen LogP contribution in [0.2, 0.25) is 0 Å². The van der Waals surface area contributed by atoms with Gasteiger partial charge in [0, 0.05) is 11.3 Å². The van der Waals surface area contributed by atoms with Crippen molar-refractivity contribution in [1.82, 2.24) is 14.8 Å². The van der Waals surface area contributed by atoms with E-state index >= 15 is 0 Å². The van der Waals surface area contributed by atoms with Gasteiger partial charge in [-0.15, -0.1) is 10.2 Å². The Balaban J connectivity index is 2.11. The van der Waals surface area contributed by atoms with Crippen molar-refractivity contribution >= 4 is 11.8 Å². The summed E-state index contributed by atoms with van der Waals surface area (Å²) >= 11 is 1.58. The maximum Gasteiger partial charge on any atom is 0.195 e. The van der Waals surface area contributed by atoms with Crippen molar-refractivity contribution in [1.29, 1.82) is 0 Å². The molecule has 4 nitrogen and oxygen atoms in total. The molecule has 22 heavy (non-hydrogen) atoms. The zero-order chi connectivity index (χ0) is 15.5. The number of aryl methyl sites for hydroxylation is 1. The van der Waals surface area contributed by atoms with E-state index in [-0.39, 0.29) is 0 Å². The summed E-state index contributed by atoms with van der Waals surface area (Å²) in [5, 5.41) is 9.53. The van der Waals surface area contributed by atoms with E-state index in [0.717, 1.165) is 28.0 Å². The van der Waals surface area contributed by atoms with Crippen LogP contribution in [-0.2, 0) is 0 Å². The number of ether oxygens (including phenoxy) is 1. The van der Waals surface area contributed by atoms with Gasteiger partial charge in [-0.1, -0.05) is 29.5 Å². The molecule has 0 aliphatic carbocycles. The molecule has 2 aromatic carbocycles. The van der Waals surface area contributed by atoms with Crippen molar-refractivity contribution in [2.24, 2.45) is 0 Å². The number of rotatable bonds is 4. The molecule has 0 radical (unpaired) electrons. The number of thioether (sulfide) groups is 1. The van der Waals surface area contributed by atoms with Crippen molar-refractivity contribution in [2.45, 2.75) is 12.1 Å². The molecule has 1 aromatic heterocycles. The molecule has 112 valence electrons. The van der Waals surface area contributed by atoms with E-state index in [2.05, 4.69) is 46.0 Å². The van der Waals surface area contributed by atoms with E-state index in [4.69, 9.17) is 4.74 Å². The highest BCUT2D eigenvalue weighted by molar-refractivity contribution is 7.98. The van der Waals surface area contributed by atoms with Gasteiger partial charge < -0.3 is 4.74 Å². The van der Waals surface area contributed by atoms with E-state index in [1.807, 2.05) is 30.5 Å². The van der Waals surface area contributed by atoms with Crippen molar-refractivity contribution in [3.8, 4) is 22.8 Å². The number of hydrogen-bond donors (Lipinski definition) is 0. The van der Waals surface area contributed by atoms with Crippen LogP contribution in [0.25, 0.3) is 17.1 Å². The van der Waals surface area contributed by atoms with Crippen LogP contribution in [0, 0.1) is 6.92 Å². The van der Waals surface area contributed by atoms with Crippen LogP contribution in [0.15, 0.2) is 53.7 Å². The van der Waals surface area contributed by atoms with E-state index in [9.17, 15) is 0 Å². The van der Waals surface area contributed by atoms with Crippen LogP contribution >= 0.6 is 11.8 Å². The van der Waals surface area contributed by atoms with E-state index in [1.54, 1.807) is 18.9 Å². The van der Waals surface area contributed by atoms with Gasteiger partial charge in [-0.25, -0.2) is 0 Å². The Hall–Kier alpha value is -2.27. The molecular weight excluding hydrogens is 294 g/mol. The summed E-state index contributed by atoms with van der Waals surface area (Å²) in [4.78, 5) is 0. The largest absolute Gasteiger partial charge is 0.497 e. The summed E-state index contributed by atoms with van der Waals surface area (Å²) < 4.78 is 7.29. The molecule has 0 amide bonds.